The number of benzene rings is 3. The molecule has 3 aromatic rings. The van der Waals surface area contributed by atoms with Gasteiger partial charge in [-0.15, -0.1) is 0 Å². The Morgan fingerprint density at radius 1 is 0.851 bits per heavy atom. The fourth-order valence-corrected chi connectivity index (χ4v) is 5.49. The fraction of sp³-hybridized carbons (Fsp3) is 0.371. The first-order chi connectivity index (χ1) is 21.9. The number of aliphatic carboxylic acids is 1. The van der Waals surface area contributed by atoms with Crippen molar-refractivity contribution in [2.45, 2.75) is 76.4 Å². The molecule has 6 nitrogen and oxygen atoms in total. The van der Waals surface area contributed by atoms with Crippen molar-refractivity contribution >= 4 is 18.0 Å². The SMILES string of the molecule is CCC(CC)(c1ccc(C=CC(O)(C(F)(F)F)C(F)(F)F)c(C)c1)c1ccc(OCC(=O)N[C@@H](Cc2ccccc2)C(=O)O)c(C)c1. The normalized spacial score (nSPS) is 13.4. The summed E-state index contributed by atoms with van der Waals surface area (Å²) in [6.45, 7) is 6.83. The van der Waals surface area contributed by atoms with E-state index >= 15 is 0 Å². The largest absolute Gasteiger partial charge is 0.484 e. The lowest BCUT2D eigenvalue weighted by Gasteiger charge is -2.34. The fourth-order valence-electron chi connectivity index (χ4n) is 5.49. The number of nitrogens with one attached hydrogen (secondary N) is 1. The molecule has 12 heteroatoms. The van der Waals surface area contributed by atoms with E-state index in [2.05, 4.69) is 5.32 Å². The molecule has 0 unspecified atom stereocenters. The molecule has 0 heterocycles. The number of aryl methyl sites for hydroxylation is 2. The number of ether oxygens (including phenoxy) is 1. The van der Waals surface area contributed by atoms with Crippen LogP contribution in [0.5, 0.6) is 5.75 Å². The van der Waals surface area contributed by atoms with Gasteiger partial charge in [-0.3, -0.25) is 4.79 Å². The van der Waals surface area contributed by atoms with Gasteiger partial charge in [0.15, 0.2) is 6.61 Å². The predicted octanol–water partition coefficient (Wildman–Crippen LogP) is 7.47. The van der Waals surface area contributed by atoms with Gasteiger partial charge in [0.2, 0.25) is 0 Å². The van der Waals surface area contributed by atoms with Crippen molar-refractivity contribution in [1.82, 2.24) is 5.32 Å². The minimum Gasteiger partial charge on any atom is -0.484 e. The topological polar surface area (TPSA) is 95.9 Å². The van der Waals surface area contributed by atoms with Crippen molar-refractivity contribution in [2.75, 3.05) is 6.61 Å². The van der Waals surface area contributed by atoms with Crippen molar-refractivity contribution in [3.05, 3.63) is 106 Å². The van der Waals surface area contributed by atoms with Gasteiger partial charge in [0.05, 0.1) is 0 Å². The Balaban J connectivity index is 1.81. The molecule has 3 rings (SSSR count). The van der Waals surface area contributed by atoms with Crippen molar-refractivity contribution in [3.8, 4) is 5.75 Å². The Kier molecular flexibility index (Phi) is 11.6. The van der Waals surface area contributed by atoms with Crippen LogP contribution in [0.2, 0.25) is 0 Å². The number of hydrogen-bond acceptors (Lipinski definition) is 4. The number of rotatable bonds is 13. The van der Waals surface area contributed by atoms with Gasteiger partial charge in [0.25, 0.3) is 11.5 Å². The van der Waals surface area contributed by atoms with Crippen LogP contribution in [0.25, 0.3) is 6.08 Å². The molecule has 0 aromatic heterocycles. The van der Waals surface area contributed by atoms with E-state index in [4.69, 9.17) is 4.74 Å². The highest BCUT2D eigenvalue weighted by Crippen LogP contribution is 2.45. The molecule has 0 fully saturated rings. The van der Waals surface area contributed by atoms with Gasteiger partial charge in [-0.2, -0.15) is 26.3 Å². The highest BCUT2D eigenvalue weighted by molar-refractivity contribution is 5.84. The van der Waals surface area contributed by atoms with E-state index in [9.17, 15) is 46.1 Å². The van der Waals surface area contributed by atoms with Gasteiger partial charge in [-0.25, -0.2) is 4.79 Å². The number of hydrogen-bond donors (Lipinski definition) is 3. The van der Waals surface area contributed by atoms with Crippen molar-refractivity contribution in [2.24, 2.45) is 0 Å². The van der Waals surface area contributed by atoms with Crippen LogP contribution in [0.3, 0.4) is 0 Å². The number of carboxylic acid groups (broad SMARTS) is 1. The lowest BCUT2D eigenvalue weighted by molar-refractivity contribution is -0.347. The number of carbonyl (C=O) groups excluding carboxylic acids is 1. The molecular weight excluding hydrogens is 628 g/mol. The summed E-state index contributed by atoms with van der Waals surface area (Å²) < 4.78 is 84.5. The maximum absolute atomic E-state index is 13.1. The maximum atomic E-state index is 13.1. The Hall–Kier alpha value is -4.32. The van der Waals surface area contributed by atoms with E-state index in [0.29, 0.717) is 35.8 Å². The zero-order valence-electron chi connectivity index (χ0n) is 26.3. The highest BCUT2D eigenvalue weighted by atomic mass is 19.4. The first kappa shape index (κ1) is 37.1. The summed E-state index contributed by atoms with van der Waals surface area (Å²) in [6, 6.07) is 17.9. The summed E-state index contributed by atoms with van der Waals surface area (Å²) in [6.07, 6.45) is -10.3. The molecule has 1 amide bonds. The van der Waals surface area contributed by atoms with E-state index < -0.39 is 47.9 Å². The van der Waals surface area contributed by atoms with Crippen molar-refractivity contribution in [1.29, 1.82) is 0 Å². The van der Waals surface area contributed by atoms with Gasteiger partial charge < -0.3 is 20.3 Å². The van der Waals surface area contributed by atoms with Crippen molar-refractivity contribution in [3.63, 3.8) is 0 Å². The molecule has 254 valence electrons. The number of halogens is 6. The van der Waals surface area contributed by atoms with E-state index in [1.807, 2.05) is 26.0 Å². The molecule has 47 heavy (non-hydrogen) atoms. The van der Waals surface area contributed by atoms with E-state index in [0.717, 1.165) is 16.7 Å². The molecule has 1 atom stereocenters. The van der Waals surface area contributed by atoms with Crippen LogP contribution >= 0.6 is 0 Å². The van der Waals surface area contributed by atoms with Gasteiger partial charge in [-0.05, 0) is 72.2 Å². The molecular formula is C35H37F6NO5. The lowest BCUT2D eigenvalue weighted by atomic mass is 9.70. The number of carbonyl (C=O) groups is 2. The quantitative estimate of drug-likeness (QED) is 0.165. The van der Waals surface area contributed by atoms with Crippen LogP contribution in [-0.2, 0) is 21.4 Å². The first-order valence-electron chi connectivity index (χ1n) is 14.8. The molecule has 0 radical (unpaired) electrons. The number of carboxylic acids is 1. The summed E-state index contributed by atoms with van der Waals surface area (Å²) in [5, 5.41) is 21.5. The molecule has 3 N–H and O–H groups in total. The Bertz CT molecular complexity index is 1570. The van der Waals surface area contributed by atoms with E-state index in [1.54, 1.807) is 62.4 Å². The molecule has 0 spiro atoms. The predicted molar refractivity (Wildman–Crippen MR) is 165 cm³/mol. The Morgan fingerprint density at radius 3 is 1.89 bits per heavy atom. The third-order valence-electron chi connectivity index (χ3n) is 8.40. The average Bonchev–Trinajstić information content (AvgIpc) is 3.00. The van der Waals surface area contributed by atoms with Gasteiger partial charge in [0, 0.05) is 11.8 Å². The smallest absolute Gasteiger partial charge is 0.430 e. The Morgan fingerprint density at radius 2 is 1.40 bits per heavy atom. The first-order valence-corrected chi connectivity index (χ1v) is 14.8. The van der Waals surface area contributed by atoms with Gasteiger partial charge >= 0.3 is 18.3 Å². The third kappa shape index (κ3) is 8.34. The van der Waals surface area contributed by atoms with Crippen LogP contribution in [0.4, 0.5) is 26.3 Å². The summed E-state index contributed by atoms with van der Waals surface area (Å²) in [5.41, 5.74) is -2.00. The van der Waals surface area contributed by atoms with Gasteiger partial charge in [-0.1, -0.05) is 80.6 Å². The zero-order valence-corrected chi connectivity index (χ0v) is 26.3. The number of alkyl halides is 6. The van der Waals surface area contributed by atoms with Crippen LogP contribution in [0, 0.1) is 13.8 Å². The van der Waals surface area contributed by atoms with Crippen LogP contribution in [0.1, 0.15) is 60.1 Å². The van der Waals surface area contributed by atoms with Crippen LogP contribution < -0.4 is 10.1 Å². The molecule has 0 saturated carbocycles. The minimum atomic E-state index is -5.96. The monoisotopic (exact) mass is 665 g/mol. The standard InChI is InChI=1S/C35H37F6NO5/c1-5-32(6-2,26-13-12-25(22(3)18-26)16-17-33(46,34(36,37)38)35(39,40)41)27-14-15-29(23(4)19-27)47-21-30(43)42-28(31(44)45)20-24-10-8-7-9-11-24/h7-19,28,46H,5-6,20-21H2,1-4H3,(H,42,43)(H,44,45)/t28-/m0/s1. The second kappa shape index (κ2) is 14.6. The second-order valence-corrected chi connectivity index (χ2v) is 11.4. The van der Waals surface area contributed by atoms with Crippen LogP contribution in [0.15, 0.2) is 72.8 Å². The van der Waals surface area contributed by atoms with Crippen LogP contribution in [-0.4, -0.2) is 52.7 Å². The third-order valence-corrected chi connectivity index (χ3v) is 8.40. The molecule has 3 aromatic carbocycles. The summed E-state index contributed by atoms with van der Waals surface area (Å²) >= 11 is 0. The number of aliphatic hydroxyl groups is 1. The maximum Gasteiger partial charge on any atom is 0.430 e. The van der Waals surface area contributed by atoms with E-state index in [1.165, 1.54) is 6.07 Å². The zero-order chi connectivity index (χ0) is 35.2. The highest BCUT2D eigenvalue weighted by Gasteiger charge is 2.69. The average molecular weight is 666 g/mol. The molecule has 0 aliphatic heterocycles. The summed E-state index contributed by atoms with van der Waals surface area (Å²) in [5.74, 6) is -1.39. The summed E-state index contributed by atoms with van der Waals surface area (Å²) in [7, 11) is 0. The number of amides is 1. The Labute approximate surface area is 269 Å². The molecule has 0 saturated heterocycles. The lowest BCUT2D eigenvalue weighted by Crippen LogP contribution is -2.55. The second-order valence-electron chi connectivity index (χ2n) is 11.4. The summed E-state index contributed by atoms with van der Waals surface area (Å²) in [4.78, 5) is 24.3. The molecule has 0 bridgehead atoms. The molecule has 0 aliphatic carbocycles. The van der Waals surface area contributed by atoms with Crippen molar-refractivity contribution < 1.29 is 50.9 Å². The molecule has 0 aliphatic rings. The minimum absolute atomic E-state index is 0.0777. The van der Waals surface area contributed by atoms with Gasteiger partial charge in [0.1, 0.15) is 11.8 Å². The van der Waals surface area contributed by atoms with E-state index in [-0.39, 0.29) is 18.1 Å².